The second-order valence-corrected chi connectivity index (χ2v) is 8.86. The number of benzene rings is 1. The van der Waals surface area contributed by atoms with Gasteiger partial charge in [0.2, 0.25) is 10.0 Å². The second kappa shape index (κ2) is 6.81. The van der Waals surface area contributed by atoms with Crippen LogP contribution < -0.4 is 5.32 Å². The van der Waals surface area contributed by atoms with Gasteiger partial charge in [-0.05, 0) is 18.9 Å². The molecule has 1 aromatic heterocycles. The number of hydrogen-bond acceptors (Lipinski definition) is 5. The molecule has 1 N–H and O–H groups in total. The van der Waals surface area contributed by atoms with Crippen molar-refractivity contribution >= 4 is 32.4 Å². The summed E-state index contributed by atoms with van der Waals surface area (Å²) >= 11 is 6.25. The van der Waals surface area contributed by atoms with Gasteiger partial charge in [-0.15, -0.1) is 0 Å². The summed E-state index contributed by atoms with van der Waals surface area (Å²) in [4.78, 5) is 4.29. The van der Waals surface area contributed by atoms with E-state index in [1.54, 1.807) is 22.6 Å². The van der Waals surface area contributed by atoms with Crippen LogP contribution in [0.2, 0.25) is 5.02 Å². The summed E-state index contributed by atoms with van der Waals surface area (Å²) in [7, 11) is -3.60. The fourth-order valence-electron chi connectivity index (χ4n) is 3.59. The van der Waals surface area contributed by atoms with E-state index in [0.717, 1.165) is 24.8 Å². The number of nitrogens with one attached hydrogen (secondary N) is 1. The van der Waals surface area contributed by atoms with Crippen molar-refractivity contribution in [1.29, 1.82) is 0 Å². The third kappa shape index (κ3) is 3.27. The topological polar surface area (TPSA) is 71.5 Å². The number of hydrogen-bond donors (Lipinski definition) is 1. The van der Waals surface area contributed by atoms with E-state index in [0.29, 0.717) is 36.1 Å². The number of fused-ring (bicyclic) bond motifs is 1. The normalized spacial score (nSPS) is 25.0. The molecule has 0 radical (unpaired) electrons. The summed E-state index contributed by atoms with van der Waals surface area (Å²) in [6.07, 6.45) is 4.90. The van der Waals surface area contributed by atoms with Crippen molar-refractivity contribution in [2.45, 2.75) is 29.8 Å². The Morgan fingerprint density at radius 1 is 1.24 bits per heavy atom. The number of aromatic nitrogens is 1. The first-order chi connectivity index (χ1) is 12.1. The maximum absolute atomic E-state index is 13.2. The molecule has 0 amide bonds. The van der Waals surface area contributed by atoms with Gasteiger partial charge in [0.25, 0.3) is 0 Å². The summed E-state index contributed by atoms with van der Waals surface area (Å²) in [5, 5.41) is 5.14. The molecule has 1 aromatic carbocycles. The summed E-state index contributed by atoms with van der Waals surface area (Å²) in [5.74, 6) is 0. The molecule has 3 heterocycles. The van der Waals surface area contributed by atoms with Crippen molar-refractivity contribution in [2.75, 3.05) is 26.3 Å². The first kappa shape index (κ1) is 17.2. The van der Waals surface area contributed by atoms with E-state index in [-0.39, 0.29) is 10.9 Å². The fourth-order valence-corrected chi connectivity index (χ4v) is 5.65. The molecule has 0 aliphatic carbocycles. The minimum atomic E-state index is -3.60. The van der Waals surface area contributed by atoms with Gasteiger partial charge >= 0.3 is 0 Å². The highest BCUT2D eigenvalue weighted by Crippen LogP contribution is 2.32. The summed E-state index contributed by atoms with van der Waals surface area (Å²) in [6, 6.07) is 5.66. The quantitative estimate of drug-likeness (QED) is 0.877. The van der Waals surface area contributed by atoms with Crippen molar-refractivity contribution in [3.63, 3.8) is 0 Å². The lowest BCUT2D eigenvalue weighted by atomic mass is 10.2. The van der Waals surface area contributed by atoms with Gasteiger partial charge in [-0.1, -0.05) is 23.7 Å². The lowest BCUT2D eigenvalue weighted by Gasteiger charge is -2.20. The van der Waals surface area contributed by atoms with Crippen molar-refractivity contribution in [2.24, 2.45) is 0 Å². The molecule has 2 aromatic rings. The molecule has 134 valence electrons. The van der Waals surface area contributed by atoms with Crippen LogP contribution in [0.3, 0.4) is 0 Å². The lowest BCUT2D eigenvalue weighted by molar-refractivity contribution is 0.188. The van der Waals surface area contributed by atoms with E-state index in [4.69, 9.17) is 16.3 Å². The molecule has 0 saturated carbocycles. The number of ether oxygens (including phenoxy) is 1. The molecule has 0 spiro atoms. The minimum absolute atomic E-state index is 0.161. The zero-order valence-electron chi connectivity index (χ0n) is 13.7. The van der Waals surface area contributed by atoms with E-state index < -0.39 is 10.0 Å². The van der Waals surface area contributed by atoms with Gasteiger partial charge in [-0.25, -0.2) is 8.42 Å². The highest BCUT2D eigenvalue weighted by atomic mass is 35.5. The van der Waals surface area contributed by atoms with Gasteiger partial charge < -0.3 is 10.1 Å². The van der Waals surface area contributed by atoms with E-state index >= 15 is 0 Å². The van der Waals surface area contributed by atoms with E-state index in [1.165, 1.54) is 6.20 Å². The molecule has 2 fully saturated rings. The van der Waals surface area contributed by atoms with E-state index in [1.807, 2.05) is 6.07 Å². The number of rotatable bonds is 4. The number of pyridine rings is 1. The molecule has 2 atom stereocenters. The standard InChI is InChI=1S/C17H20ClN3O3S/c18-15-9-19-8-12-2-1-3-16(17(12)15)25(22,23)21-6-4-13(10-21)20-14-5-7-24-11-14/h1-3,8-9,13-14,20H,4-7,10-11H2/t13-,14?/m1/s1. The highest BCUT2D eigenvalue weighted by molar-refractivity contribution is 7.89. The van der Waals surface area contributed by atoms with Gasteiger partial charge in [0.05, 0.1) is 16.5 Å². The monoisotopic (exact) mass is 381 g/mol. The Bertz CT molecular complexity index is 879. The molecule has 6 nitrogen and oxygen atoms in total. The molecule has 25 heavy (non-hydrogen) atoms. The molecule has 8 heteroatoms. The summed E-state index contributed by atoms with van der Waals surface area (Å²) < 4.78 is 33.3. The van der Waals surface area contributed by atoms with Crippen LogP contribution in [0, 0.1) is 0 Å². The molecular weight excluding hydrogens is 362 g/mol. The molecule has 2 aliphatic rings. The molecule has 0 bridgehead atoms. The summed E-state index contributed by atoms with van der Waals surface area (Å²) in [6.45, 7) is 2.45. The van der Waals surface area contributed by atoms with Gasteiger partial charge in [0.15, 0.2) is 0 Å². The number of sulfonamides is 1. The highest BCUT2D eigenvalue weighted by Gasteiger charge is 2.35. The Kier molecular flexibility index (Phi) is 4.68. The Labute approximate surface area is 152 Å². The lowest BCUT2D eigenvalue weighted by Crippen LogP contribution is -2.41. The van der Waals surface area contributed by atoms with Crippen molar-refractivity contribution < 1.29 is 13.2 Å². The summed E-state index contributed by atoms with van der Waals surface area (Å²) in [5.41, 5.74) is 0. The van der Waals surface area contributed by atoms with Crippen LogP contribution in [0.4, 0.5) is 0 Å². The van der Waals surface area contributed by atoms with Crippen LogP contribution in [0.15, 0.2) is 35.5 Å². The SMILES string of the molecule is O=S(=O)(c1cccc2cncc(Cl)c12)N1CC[C@@H](NC2CCOC2)C1. The third-order valence-electron chi connectivity index (χ3n) is 4.87. The first-order valence-corrected chi connectivity index (χ1v) is 10.2. The van der Waals surface area contributed by atoms with Crippen LogP contribution in [0.5, 0.6) is 0 Å². The van der Waals surface area contributed by atoms with Crippen LogP contribution in [-0.2, 0) is 14.8 Å². The van der Waals surface area contributed by atoms with E-state index in [9.17, 15) is 8.42 Å². The number of halogens is 1. The van der Waals surface area contributed by atoms with E-state index in [2.05, 4.69) is 10.3 Å². The van der Waals surface area contributed by atoms with Crippen LogP contribution in [-0.4, -0.2) is 56.1 Å². The smallest absolute Gasteiger partial charge is 0.243 e. The van der Waals surface area contributed by atoms with Gasteiger partial charge in [0.1, 0.15) is 0 Å². The van der Waals surface area contributed by atoms with Gasteiger partial charge in [0, 0.05) is 54.9 Å². The largest absolute Gasteiger partial charge is 0.380 e. The molecule has 2 aliphatic heterocycles. The third-order valence-corrected chi connectivity index (χ3v) is 7.06. The Morgan fingerprint density at radius 3 is 2.92 bits per heavy atom. The Hall–Kier alpha value is -1.25. The molecule has 1 unspecified atom stereocenters. The first-order valence-electron chi connectivity index (χ1n) is 8.42. The van der Waals surface area contributed by atoms with Crippen LogP contribution >= 0.6 is 11.6 Å². The second-order valence-electron chi connectivity index (χ2n) is 6.55. The zero-order chi connectivity index (χ0) is 17.4. The predicted molar refractivity (Wildman–Crippen MR) is 96.3 cm³/mol. The van der Waals surface area contributed by atoms with Crippen molar-refractivity contribution in [1.82, 2.24) is 14.6 Å². The Morgan fingerprint density at radius 2 is 2.12 bits per heavy atom. The van der Waals surface area contributed by atoms with Crippen molar-refractivity contribution in [3.8, 4) is 0 Å². The zero-order valence-corrected chi connectivity index (χ0v) is 15.3. The molecule has 2 saturated heterocycles. The minimum Gasteiger partial charge on any atom is -0.380 e. The van der Waals surface area contributed by atoms with Crippen LogP contribution in [0.1, 0.15) is 12.8 Å². The maximum Gasteiger partial charge on any atom is 0.243 e. The average Bonchev–Trinajstić information content (AvgIpc) is 3.27. The van der Waals surface area contributed by atoms with Gasteiger partial charge in [-0.3, -0.25) is 4.98 Å². The van der Waals surface area contributed by atoms with Gasteiger partial charge in [-0.2, -0.15) is 4.31 Å². The predicted octanol–water partition coefficient (Wildman–Crippen LogP) is 2.03. The molecule has 4 rings (SSSR count). The van der Waals surface area contributed by atoms with Crippen LogP contribution in [0.25, 0.3) is 10.8 Å². The average molecular weight is 382 g/mol. The maximum atomic E-state index is 13.2. The number of nitrogens with zero attached hydrogens (tertiary/aromatic N) is 2. The molecular formula is C17H20ClN3O3S. The fraction of sp³-hybridized carbons (Fsp3) is 0.471. The van der Waals surface area contributed by atoms with Crippen molar-refractivity contribution in [3.05, 3.63) is 35.6 Å². The Balaban J connectivity index is 1.60.